The van der Waals surface area contributed by atoms with E-state index in [4.69, 9.17) is 0 Å². The second-order valence-corrected chi connectivity index (χ2v) is 32.4. The van der Waals surface area contributed by atoms with Crippen LogP contribution in [0.4, 0.5) is 0 Å². The molecule has 0 aromatic rings. The molecule has 16 atom stereocenters. The number of rotatable bonds is 8. The van der Waals surface area contributed by atoms with E-state index in [9.17, 15) is 0 Å². The highest BCUT2D eigenvalue weighted by Crippen LogP contribution is 2.68. The largest absolute Gasteiger partial charge is 0.294 e. The summed E-state index contributed by atoms with van der Waals surface area (Å²) >= 11 is 0. The Balaban J connectivity index is 0.747. The van der Waals surface area contributed by atoms with Crippen molar-refractivity contribution in [3.63, 3.8) is 0 Å². The van der Waals surface area contributed by atoms with E-state index in [2.05, 4.69) is 51.3 Å². The molecule has 0 aromatic carbocycles. The monoisotopic (exact) mass is 973 g/mol. The van der Waals surface area contributed by atoms with Gasteiger partial charge in [-0.3, -0.25) is 9.80 Å². The lowest BCUT2D eigenvalue weighted by Gasteiger charge is -2.54. The van der Waals surface area contributed by atoms with Crippen LogP contribution in [-0.4, -0.2) is 46.1 Å². The highest BCUT2D eigenvalue weighted by Gasteiger charge is 2.63. The molecular weight excluding hydrogens is 857 g/mol. The van der Waals surface area contributed by atoms with Crippen molar-refractivity contribution < 1.29 is 0 Å². The fourth-order valence-corrected chi connectivity index (χ4v) is 26.0. The minimum absolute atomic E-state index is 0.489. The number of hydrogen-bond acceptors (Lipinski definition) is 2. The summed E-state index contributed by atoms with van der Waals surface area (Å²) < 4.78 is 0. The van der Waals surface area contributed by atoms with Gasteiger partial charge in [0.1, 0.15) is 0 Å². The molecule has 13 aliphatic rings. The van der Waals surface area contributed by atoms with E-state index in [1.54, 1.807) is 180 Å². The van der Waals surface area contributed by atoms with Crippen molar-refractivity contribution in [2.45, 2.75) is 322 Å². The maximum Gasteiger partial charge on any atom is 0.0104 e. The second kappa shape index (κ2) is 20.3. The Morgan fingerprint density at radius 1 is 0.211 bits per heavy atom. The summed E-state index contributed by atoms with van der Waals surface area (Å²) in [5.74, 6) is 16.4. The summed E-state index contributed by atoms with van der Waals surface area (Å²) in [5.41, 5.74) is 1.59. The first-order chi connectivity index (χ1) is 34.5. The molecule has 71 heavy (non-hydrogen) atoms. The molecule has 16 unspecified atom stereocenters. The Hall–Kier alpha value is -0.0800. The lowest BCUT2D eigenvalue weighted by molar-refractivity contribution is -0.0497. The summed E-state index contributed by atoms with van der Waals surface area (Å²) in [7, 11) is 0. The van der Waals surface area contributed by atoms with Gasteiger partial charge in [-0.25, -0.2) is 0 Å². The minimum atomic E-state index is 0.489. The molecule has 13 rings (SSSR count). The van der Waals surface area contributed by atoms with Crippen LogP contribution in [0.25, 0.3) is 0 Å². The van der Waals surface area contributed by atoms with E-state index < -0.39 is 0 Å². The Kier molecular flexibility index (Phi) is 14.4. The predicted molar refractivity (Wildman–Crippen MR) is 299 cm³/mol. The molecule has 2 heteroatoms. The molecular formula is C69H116N2. The maximum atomic E-state index is 3.52. The van der Waals surface area contributed by atoms with E-state index in [0.29, 0.717) is 16.2 Å². The molecule has 0 aromatic heterocycles. The Labute approximate surface area is 440 Å². The first kappa shape index (κ1) is 50.4. The van der Waals surface area contributed by atoms with Gasteiger partial charge in [-0.2, -0.15) is 0 Å². The van der Waals surface area contributed by atoms with Gasteiger partial charge in [-0.05, 0) is 265 Å². The van der Waals surface area contributed by atoms with E-state index in [-0.39, 0.29) is 0 Å². The Morgan fingerprint density at radius 3 is 0.789 bits per heavy atom. The molecule has 13 fully saturated rings. The fourth-order valence-electron chi connectivity index (χ4n) is 26.0. The predicted octanol–water partition coefficient (Wildman–Crippen LogP) is 18.7. The van der Waals surface area contributed by atoms with Crippen LogP contribution in [0.1, 0.15) is 286 Å². The van der Waals surface area contributed by atoms with Gasteiger partial charge in [0, 0.05) is 36.3 Å². The van der Waals surface area contributed by atoms with Crippen molar-refractivity contribution in [1.29, 1.82) is 0 Å². The zero-order chi connectivity index (χ0) is 48.2. The van der Waals surface area contributed by atoms with Gasteiger partial charge in [-0.1, -0.05) is 131 Å². The summed E-state index contributed by atoms with van der Waals surface area (Å²) in [6, 6.07) is 5.23. The SMILES string of the molecule is CC1(C)C2CCCCC2C2CCC(N(C3CCC4C5CCCCC5C(C)(C)C4C3)C3CCC4C5CCC(N(C6CCC(C7CCCCC7)CC6)C6CCC(C7CCCCC7)CC6)CC5C(C)(C)C4C3)CC21. The van der Waals surface area contributed by atoms with Crippen LogP contribution in [0.3, 0.4) is 0 Å². The first-order valence-electron chi connectivity index (χ1n) is 34.0. The van der Waals surface area contributed by atoms with E-state index >= 15 is 0 Å². The zero-order valence-electron chi connectivity index (χ0n) is 48.0. The van der Waals surface area contributed by atoms with E-state index in [1.807, 2.05) is 0 Å². The molecule has 0 spiro atoms. The van der Waals surface area contributed by atoms with Gasteiger partial charge in [-0.15, -0.1) is 0 Å². The van der Waals surface area contributed by atoms with Gasteiger partial charge in [0.05, 0.1) is 0 Å². The van der Waals surface area contributed by atoms with Gasteiger partial charge in [0.25, 0.3) is 0 Å². The molecule has 0 heterocycles. The molecule has 0 aliphatic heterocycles. The molecule has 0 radical (unpaired) electrons. The van der Waals surface area contributed by atoms with Gasteiger partial charge in [0.15, 0.2) is 0 Å². The van der Waals surface area contributed by atoms with Crippen molar-refractivity contribution in [3.8, 4) is 0 Å². The molecule has 13 saturated carbocycles. The van der Waals surface area contributed by atoms with Crippen LogP contribution in [0.2, 0.25) is 0 Å². The van der Waals surface area contributed by atoms with Crippen LogP contribution in [0.5, 0.6) is 0 Å². The third kappa shape index (κ3) is 8.94. The molecule has 2 nitrogen and oxygen atoms in total. The van der Waals surface area contributed by atoms with Crippen molar-refractivity contribution in [1.82, 2.24) is 9.80 Å². The smallest absolute Gasteiger partial charge is 0.0104 e. The third-order valence-corrected chi connectivity index (χ3v) is 29.2. The minimum Gasteiger partial charge on any atom is -0.294 e. The Bertz CT molecular complexity index is 1670. The van der Waals surface area contributed by atoms with Crippen LogP contribution in [-0.2, 0) is 0 Å². The van der Waals surface area contributed by atoms with Gasteiger partial charge < -0.3 is 0 Å². The average Bonchev–Trinajstić information content (AvgIpc) is 3.89. The summed E-state index contributed by atoms with van der Waals surface area (Å²) in [5, 5.41) is 0. The molecule has 0 saturated heterocycles. The molecule has 0 amide bonds. The number of hydrogen-bond donors (Lipinski definition) is 0. The van der Waals surface area contributed by atoms with Gasteiger partial charge in [0.2, 0.25) is 0 Å². The van der Waals surface area contributed by atoms with Crippen LogP contribution >= 0.6 is 0 Å². The van der Waals surface area contributed by atoms with Crippen molar-refractivity contribution in [2.24, 2.45) is 111 Å². The lowest BCUT2D eigenvalue weighted by Crippen LogP contribution is -2.56. The molecule has 13 aliphatic carbocycles. The third-order valence-electron chi connectivity index (χ3n) is 29.2. The average molecular weight is 974 g/mol. The highest BCUT2D eigenvalue weighted by molar-refractivity contribution is 5.13. The van der Waals surface area contributed by atoms with Crippen molar-refractivity contribution in [2.75, 3.05) is 0 Å². The maximum absolute atomic E-state index is 3.52. The zero-order valence-corrected chi connectivity index (χ0v) is 48.0. The van der Waals surface area contributed by atoms with E-state index in [1.165, 1.54) is 64.2 Å². The van der Waals surface area contributed by atoms with Crippen LogP contribution in [0, 0.1) is 111 Å². The van der Waals surface area contributed by atoms with Crippen molar-refractivity contribution >= 4 is 0 Å². The van der Waals surface area contributed by atoms with Crippen molar-refractivity contribution in [3.05, 3.63) is 0 Å². The van der Waals surface area contributed by atoms with Gasteiger partial charge >= 0.3 is 0 Å². The molecule has 0 N–H and O–H groups in total. The number of nitrogens with zero attached hydrogens (tertiary/aromatic N) is 2. The Morgan fingerprint density at radius 2 is 0.451 bits per heavy atom. The van der Waals surface area contributed by atoms with Crippen LogP contribution < -0.4 is 0 Å². The first-order valence-corrected chi connectivity index (χ1v) is 34.0. The normalized spacial score (nSPS) is 49.9. The molecule has 0 bridgehead atoms. The summed E-state index contributed by atoms with van der Waals surface area (Å²) in [6.07, 6.45) is 58.9. The topological polar surface area (TPSA) is 6.48 Å². The fraction of sp³-hybridized carbons (Fsp3) is 1.00. The quantitative estimate of drug-likeness (QED) is 0.239. The summed E-state index contributed by atoms with van der Waals surface area (Å²) in [6.45, 7) is 17.0. The highest BCUT2D eigenvalue weighted by atomic mass is 15.2. The summed E-state index contributed by atoms with van der Waals surface area (Å²) in [4.78, 5) is 6.95. The standard InChI is InChI=1S/C69H116N2/c1-67(2)61-23-15-13-21-55(61)57-37-34-52(42-63(57)67)71(53-35-38-58-56-22-14-16-24-62(56)68(3,4)64(58)43-53)54-36-40-60-59-39-33-51(41-65(59)69(5,6)66(60)44-54)70(49-29-25-47(26-30-49)45-17-9-7-10-18-45)50-31-27-48(28-32-50)46-19-11-8-12-20-46/h45-66H,7-44H2,1-6H3. The van der Waals surface area contributed by atoms with E-state index in [0.717, 1.165) is 131 Å². The second-order valence-electron chi connectivity index (χ2n) is 32.4. The van der Waals surface area contributed by atoms with Crippen LogP contribution in [0.15, 0.2) is 0 Å². The lowest BCUT2D eigenvalue weighted by atomic mass is 9.64. The molecule has 402 valence electrons. The number of fused-ring (bicyclic) bond motifs is 9.